The van der Waals surface area contributed by atoms with E-state index in [2.05, 4.69) is 5.32 Å². The van der Waals surface area contributed by atoms with Crippen molar-refractivity contribution in [3.63, 3.8) is 0 Å². The summed E-state index contributed by atoms with van der Waals surface area (Å²) in [6, 6.07) is 15.9. The van der Waals surface area contributed by atoms with Gasteiger partial charge in [0.05, 0.1) is 10.6 Å². The Kier molecular flexibility index (Phi) is 8.02. The Morgan fingerprint density at radius 1 is 0.974 bits per heavy atom. The van der Waals surface area contributed by atoms with E-state index < -0.39 is 10.0 Å². The fraction of sp³-hybridized carbons (Fsp3) is 0.345. The normalized spacial score (nSPS) is 14.8. The molecular formula is C29H32ClN5O3S. The monoisotopic (exact) mass is 565 g/mol. The number of sulfonamides is 1. The van der Waals surface area contributed by atoms with Gasteiger partial charge in [-0.1, -0.05) is 36.6 Å². The summed E-state index contributed by atoms with van der Waals surface area (Å²) in [4.78, 5) is 17.7. The molecule has 5 rings (SSSR count). The first kappa shape index (κ1) is 27.3. The predicted octanol–water partition coefficient (Wildman–Crippen LogP) is 5.80. The van der Waals surface area contributed by atoms with Crippen molar-refractivity contribution in [3.05, 3.63) is 76.6 Å². The molecule has 2 aromatic carbocycles. The molecule has 0 saturated carbocycles. The van der Waals surface area contributed by atoms with Crippen LogP contribution in [0, 0.1) is 13.8 Å². The van der Waals surface area contributed by atoms with Gasteiger partial charge in [-0.25, -0.2) is 17.9 Å². The summed E-state index contributed by atoms with van der Waals surface area (Å²) >= 11 is 6.02. The predicted molar refractivity (Wildman–Crippen MR) is 154 cm³/mol. The van der Waals surface area contributed by atoms with Gasteiger partial charge in [0.15, 0.2) is 5.65 Å². The number of carbonyl (C=O) groups is 1. The molecule has 1 fully saturated rings. The highest BCUT2D eigenvalue weighted by atomic mass is 35.5. The number of nitrogens with one attached hydrogen (secondary N) is 1. The van der Waals surface area contributed by atoms with Gasteiger partial charge in [-0.05, 0) is 75.1 Å². The van der Waals surface area contributed by atoms with Gasteiger partial charge in [-0.3, -0.25) is 4.79 Å². The second kappa shape index (κ2) is 11.5. The van der Waals surface area contributed by atoms with Crippen molar-refractivity contribution in [2.45, 2.75) is 57.3 Å². The van der Waals surface area contributed by atoms with E-state index in [1.54, 1.807) is 28.6 Å². The summed E-state index contributed by atoms with van der Waals surface area (Å²) in [7, 11) is -3.52. The third kappa shape index (κ3) is 6.00. The summed E-state index contributed by atoms with van der Waals surface area (Å²) in [5, 5.41) is 8.29. The maximum absolute atomic E-state index is 13.0. The van der Waals surface area contributed by atoms with Gasteiger partial charge >= 0.3 is 0 Å². The lowest BCUT2D eigenvalue weighted by atomic mass is 10.1. The van der Waals surface area contributed by atoms with Crippen LogP contribution in [0.4, 0.5) is 5.69 Å². The van der Waals surface area contributed by atoms with Crippen LogP contribution in [0.5, 0.6) is 0 Å². The van der Waals surface area contributed by atoms with Crippen molar-refractivity contribution < 1.29 is 13.2 Å². The molecule has 39 heavy (non-hydrogen) atoms. The molecule has 0 radical (unpaired) electrons. The van der Waals surface area contributed by atoms with E-state index in [-0.39, 0.29) is 17.2 Å². The number of hydrogen-bond donors (Lipinski definition) is 1. The molecule has 204 valence electrons. The highest BCUT2D eigenvalue weighted by molar-refractivity contribution is 7.89. The molecule has 0 aliphatic carbocycles. The van der Waals surface area contributed by atoms with Crippen LogP contribution in [0.15, 0.2) is 59.5 Å². The lowest BCUT2D eigenvalue weighted by molar-refractivity contribution is -0.116. The van der Waals surface area contributed by atoms with Gasteiger partial charge in [-0.15, -0.1) is 0 Å². The number of benzene rings is 2. The number of hydrogen-bond acceptors (Lipinski definition) is 5. The van der Waals surface area contributed by atoms with Crippen molar-refractivity contribution in [1.29, 1.82) is 0 Å². The summed E-state index contributed by atoms with van der Waals surface area (Å²) in [6.07, 6.45) is 4.66. The molecule has 0 atom stereocenters. The van der Waals surface area contributed by atoms with E-state index in [4.69, 9.17) is 21.7 Å². The number of aryl methyl sites for hydroxylation is 2. The zero-order valence-electron chi connectivity index (χ0n) is 22.2. The number of carbonyl (C=O) groups excluding carboxylic acids is 1. The molecule has 3 heterocycles. The average Bonchev–Trinajstić information content (AvgIpc) is 3.14. The molecular weight excluding hydrogens is 534 g/mol. The van der Waals surface area contributed by atoms with E-state index >= 15 is 0 Å². The van der Waals surface area contributed by atoms with Gasteiger partial charge < -0.3 is 5.32 Å². The van der Waals surface area contributed by atoms with E-state index in [1.807, 2.05) is 48.7 Å². The maximum atomic E-state index is 13.0. The Bertz CT molecular complexity index is 1590. The van der Waals surface area contributed by atoms with Crippen LogP contribution in [0.25, 0.3) is 16.9 Å². The second-order valence-electron chi connectivity index (χ2n) is 9.96. The Morgan fingerprint density at radius 2 is 1.64 bits per heavy atom. The van der Waals surface area contributed by atoms with Crippen molar-refractivity contribution in [2.24, 2.45) is 0 Å². The minimum atomic E-state index is -3.52. The number of halogens is 1. The molecule has 10 heteroatoms. The van der Waals surface area contributed by atoms with Crippen molar-refractivity contribution in [1.82, 2.24) is 18.9 Å². The maximum Gasteiger partial charge on any atom is 0.243 e. The van der Waals surface area contributed by atoms with Crippen molar-refractivity contribution in [3.8, 4) is 11.3 Å². The summed E-state index contributed by atoms with van der Waals surface area (Å²) in [5.74, 6) is -0.153. The van der Waals surface area contributed by atoms with Crippen LogP contribution in [-0.2, 0) is 21.2 Å². The highest BCUT2D eigenvalue weighted by Crippen LogP contribution is 2.25. The minimum absolute atomic E-state index is 0.153. The van der Waals surface area contributed by atoms with E-state index in [9.17, 15) is 13.2 Å². The van der Waals surface area contributed by atoms with Crippen molar-refractivity contribution >= 4 is 38.9 Å². The summed E-state index contributed by atoms with van der Waals surface area (Å²) in [6.45, 7) is 5.04. The minimum Gasteiger partial charge on any atom is -0.326 e. The molecule has 1 amide bonds. The Labute approximate surface area is 234 Å². The fourth-order valence-corrected chi connectivity index (χ4v) is 6.70. The molecule has 1 N–H and O–H groups in total. The molecule has 0 bridgehead atoms. The van der Waals surface area contributed by atoms with Crippen molar-refractivity contribution in [2.75, 3.05) is 18.4 Å². The van der Waals surface area contributed by atoms with Crippen LogP contribution in [-0.4, -0.2) is 46.3 Å². The summed E-state index contributed by atoms with van der Waals surface area (Å²) in [5.41, 5.74) is 5.84. The Morgan fingerprint density at radius 3 is 2.31 bits per heavy atom. The van der Waals surface area contributed by atoms with Crippen LogP contribution in [0.3, 0.4) is 0 Å². The molecule has 0 spiro atoms. The van der Waals surface area contributed by atoms with Gasteiger partial charge in [0, 0.05) is 53.2 Å². The zero-order chi connectivity index (χ0) is 27.6. The highest BCUT2D eigenvalue weighted by Gasteiger charge is 2.25. The topological polar surface area (TPSA) is 96.7 Å². The van der Waals surface area contributed by atoms with E-state index in [1.165, 1.54) is 0 Å². The van der Waals surface area contributed by atoms with Gasteiger partial charge in [0.2, 0.25) is 15.9 Å². The molecule has 2 aromatic heterocycles. The molecule has 1 aliphatic heterocycles. The van der Waals surface area contributed by atoms with Crippen LogP contribution in [0.2, 0.25) is 5.02 Å². The second-order valence-corrected chi connectivity index (χ2v) is 12.3. The summed E-state index contributed by atoms with van der Waals surface area (Å²) < 4.78 is 29.4. The first-order chi connectivity index (χ1) is 18.7. The van der Waals surface area contributed by atoms with Gasteiger partial charge in [-0.2, -0.15) is 9.40 Å². The number of aromatic nitrogens is 3. The molecule has 8 nitrogen and oxygen atoms in total. The average molecular weight is 566 g/mol. The smallest absolute Gasteiger partial charge is 0.243 e. The zero-order valence-corrected chi connectivity index (χ0v) is 23.7. The third-order valence-corrected chi connectivity index (χ3v) is 9.41. The molecule has 4 aromatic rings. The van der Waals surface area contributed by atoms with E-state index in [0.717, 1.165) is 59.5 Å². The number of anilines is 1. The standard InChI is InChI=1S/C29H32ClN5O3S/c1-20-26(21(2)35-28(31-20)19-27(33-35)22-7-9-23(30)10-8-22)15-16-29(36)32-24-11-13-25(14-12-24)39(37,38)34-17-5-3-4-6-18-34/h7-14,19H,3-6,15-18H2,1-2H3,(H,32,36). The van der Waals surface area contributed by atoms with Gasteiger partial charge in [0.1, 0.15) is 0 Å². The molecule has 1 aliphatic rings. The lowest BCUT2D eigenvalue weighted by Gasteiger charge is -2.20. The molecule has 0 unspecified atom stereocenters. The number of rotatable bonds is 7. The first-order valence-electron chi connectivity index (χ1n) is 13.2. The fourth-order valence-electron chi connectivity index (χ4n) is 5.05. The van der Waals surface area contributed by atoms with Crippen LogP contribution >= 0.6 is 11.6 Å². The largest absolute Gasteiger partial charge is 0.326 e. The van der Waals surface area contributed by atoms with Crippen LogP contribution < -0.4 is 5.32 Å². The number of fused-ring (bicyclic) bond motifs is 1. The third-order valence-electron chi connectivity index (χ3n) is 7.25. The SMILES string of the molecule is Cc1nc2cc(-c3ccc(Cl)cc3)nn2c(C)c1CCC(=O)Nc1ccc(S(=O)(=O)N2CCCCCC2)cc1. The van der Waals surface area contributed by atoms with Gasteiger partial charge in [0.25, 0.3) is 0 Å². The number of amides is 1. The Balaban J connectivity index is 1.25. The first-order valence-corrected chi connectivity index (χ1v) is 15.1. The van der Waals surface area contributed by atoms with Crippen LogP contribution in [0.1, 0.15) is 49.1 Å². The van der Waals surface area contributed by atoms with E-state index in [0.29, 0.717) is 30.2 Å². The quantitative estimate of drug-likeness (QED) is 0.305. The Hall–Kier alpha value is -3.27. The number of nitrogens with zero attached hydrogens (tertiary/aromatic N) is 4. The lowest BCUT2D eigenvalue weighted by Crippen LogP contribution is -2.31. The molecule has 1 saturated heterocycles.